The van der Waals surface area contributed by atoms with Crippen molar-refractivity contribution in [1.29, 1.82) is 0 Å². The molecule has 1 aromatic rings. The van der Waals surface area contributed by atoms with Crippen LogP contribution in [0, 0.1) is 6.92 Å². The summed E-state index contributed by atoms with van der Waals surface area (Å²) in [6, 6.07) is 0. The summed E-state index contributed by atoms with van der Waals surface area (Å²) in [5.74, 6) is -0.987. The number of hydrogen-bond acceptors (Lipinski definition) is 6. The maximum atomic E-state index is 11.5. The first-order valence-electron chi connectivity index (χ1n) is 5.45. The highest BCUT2D eigenvalue weighted by molar-refractivity contribution is 7.89. The van der Waals surface area contributed by atoms with E-state index in [4.69, 9.17) is 5.11 Å². The van der Waals surface area contributed by atoms with Crippen molar-refractivity contribution in [2.45, 2.75) is 6.92 Å². The minimum absolute atomic E-state index is 0.0199. The molecule has 1 aromatic heterocycles. The van der Waals surface area contributed by atoms with Crippen LogP contribution < -0.4 is 5.32 Å². The number of aromatic nitrogens is 2. The van der Waals surface area contributed by atoms with Gasteiger partial charge < -0.3 is 10.4 Å². The summed E-state index contributed by atoms with van der Waals surface area (Å²) in [5, 5.41) is 11.6. The monoisotopic (exact) mass is 288 g/mol. The maximum Gasteiger partial charge on any atom is 0.339 e. The number of rotatable bonds is 6. The Hall–Kier alpha value is -1.74. The van der Waals surface area contributed by atoms with Crippen LogP contribution in [0.1, 0.15) is 16.1 Å². The molecule has 9 heteroatoms. The lowest BCUT2D eigenvalue weighted by atomic mass is 10.2. The topological polar surface area (TPSA) is 112 Å². The summed E-state index contributed by atoms with van der Waals surface area (Å²) >= 11 is 0. The van der Waals surface area contributed by atoms with Gasteiger partial charge in [-0.3, -0.25) is 0 Å². The zero-order valence-electron chi connectivity index (χ0n) is 10.9. The second-order valence-corrected chi connectivity index (χ2v) is 6.33. The van der Waals surface area contributed by atoms with Crippen molar-refractivity contribution in [3.63, 3.8) is 0 Å². The van der Waals surface area contributed by atoms with Crippen LogP contribution in [0.4, 0.5) is 5.95 Å². The van der Waals surface area contributed by atoms with Crippen molar-refractivity contribution in [2.75, 3.05) is 31.7 Å². The third-order valence-electron chi connectivity index (χ3n) is 2.41. The van der Waals surface area contributed by atoms with Crippen molar-refractivity contribution < 1.29 is 18.3 Å². The third-order valence-corrected chi connectivity index (χ3v) is 4.24. The van der Waals surface area contributed by atoms with Crippen LogP contribution in [-0.4, -0.2) is 60.2 Å². The van der Waals surface area contributed by atoms with Gasteiger partial charge in [0.2, 0.25) is 16.0 Å². The molecule has 0 atom stereocenters. The number of hydrogen-bond donors (Lipinski definition) is 2. The van der Waals surface area contributed by atoms with Crippen molar-refractivity contribution in [2.24, 2.45) is 0 Å². The molecule has 1 heterocycles. The number of nitrogens with zero attached hydrogens (tertiary/aromatic N) is 3. The van der Waals surface area contributed by atoms with Crippen molar-refractivity contribution in [3.8, 4) is 0 Å². The number of aryl methyl sites for hydroxylation is 1. The van der Waals surface area contributed by atoms with Crippen LogP contribution in [0.3, 0.4) is 0 Å². The predicted octanol–water partition coefficient (Wildman–Crippen LogP) is -0.213. The Bertz CT molecular complexity index is 571. The molecular weight excluding hydrogens is 272 g/mol. The van der Waals surface area contributed by atoms with Crippen LogP contribution in [0.2, 0.25) is 0 Å². The van der Waals surface area contributed by atoms with Crippen LogP contribution in [-0.2, 0) is 10.0 Å². The number of anilines is 1. The molecular formula is C10H16N4O4S. The van der Waals surface area contributed by atoms with E-state index in [2.05, 4.69) is 15.3 Å². The SMILES string of the molecule is Cc1nc(NCCS(=O)(=O)N(C)C)ncc1C(=O)O. The Kier molecular flexibility index (Phi) is 4.78. The van der Waals surface area contributed by atoms with E-state index in [1.807, 2.05) is 0 Å². The maximum absolute atomic E-state index is 11.5. The van der Waals surface area contributed by atoms with E-state index in [0.29, 0.717) is 5.69 Å². The molecule has 0 unspecified atom stereocenters. The highest BCUT2D eigenvalue weighted by Crippen LogP contribution is 2.06. The quantitative estimate of drug-likeness (QED) is 0.744. The molecule has 0 aliphatic carbocycles. The zero-order valence-corrected chi connectivity index (χ0v) is 11.7. The first kappa shape index (κ1) is 15.3. The lowest BCUT2D eigenvalue weighted by Crippen LogP contribution is -2.28. The van der Waals surface area contributed by atoms with Crippen molar-refractivity contribution in [3.05, 3.63) is 17.5 Å². The Labute approximate surface area is 111 Å². The molecule has 19 heavy (non-hydrogen) atoms. The summed E-state index contributed by atoms with van der Waals surface area (Å²) in [5.41, 5.74) is 0.340. The summed E-state index contributed by atoms with van der Waals surface area (Å²) < 4.78 is 24.1. The van der Waals surface area contributed by atoms with E-state index in [1.54, 1.807) is 6.92 Å². The van der Waals surface area contributed by atoms with E-state index in [-0.39, 0.29) is 23.8 Å². The van der Waals surface area contributed by atoms with Crippen molar-refractivity contribution in [1.82, 2.24) is 14.3 Å². The Balaban J connectivity index is 2.65. The molecule has 0 saturated carbocycles. The molecule has 0 aliphatic rings. The largest absolute Gasteiger partial charge is 0.478 e. The number of aromatic carboxylic acids is 1. The Morgan fingerprint density at radius 3 is 2.58 bits per heavy atom. The minimum Gasteiger partial charge on any atom is -0.478 e. The Morgan fingerprint density at radius 1 is 1.47 bits per heavy atom. The van der Waals surface area contributed by atoms with Crippen LogP contribution in [0.25, 0.3) is 0 Å². The van der Waals surface area contributed by atoms with Gasteiger partial charge in [-0.2, -0.15) is 0 Å². The summed E-state index contributed by atoms with van der Waals surface area (Å²) in [6.07, 6.45) is 1.19. The summed E-state index contributed by atoms with van der Waals surface area (Å²) in [7, 11) is -0.367. The van der Waals surface area contributed by atoms with Gasteiger partial charge in [-0.25, -0.2) is 27.5 Å². The molecule has 1 rings (SSSR count). The van der Waals surface area contributed by atoms with E-state index < -0.39 is 16.0 Å². The third kappa shape index (κ3) is 4.14. The smallest absolute Gasteiger partial charge is 0.339 e. The van der Waals surface area contributed by atoms with Crippen LogP contribution in [0.5, 0.6) is 0 Å². The standard InChI is InChI=1S/C10H16N4O4S/c1-7-8(9(15)16)6-12-10(13-7)11-4-5-19(17,18)14(2)3/h6H,4-5H2,1-3H3,(H,15,16)(H,11,12,13). The van der Waals surface area contributed by atoms with Gasteiger partial charge in [0.1, 0.15) is 0 Å². The normalized spacial score (nSPS) is 11.6. The van der Waals surface area contributed by atoms with Gasteiger partial charge >= 0.3 is 5.97 Å². The number of carboxylic acid groups (broad SMARTS) is 1. The Morgan fingerprint density at radius 2 is 2.11 bits per heavy atom. The fourth-order valence-electron chi connectivity index (χ4n) is 1.24. The van der Waals surface area contributed by atoms with Crippen LogP contribution in [0.15, 0.2) is 6.20 Å². The molecule has 0 spiro atoms. The molecule has 0 aromatic carbocycles. The van der Waals surface area contributed by atoms with Crippen molar-refractivity contribution >= 4 is 21.9 Å². The summed E-state index contributed by atoms with van der Waals surface area (Å²) in [4.78, 5) is 18.5. The average Bonchev–Trinajstić information content (AvgIpc) is 2.28. The number of sulfonamides is 1. The zero-order chi connectivity index (χ0) is 14.6. The highest BCUT2D eigenvalue weighted by atomic mass is 32.2. The first-order chi connectivity index (χ1) is 8.74. The fraction of sp³-hybridized carbons (Fsp3) is 0.500. The molecule has 106 valence electrons. The van der Waals surface area contributed by atoms with E-state index >= 15 is 0 Å². The highest BCUT2D eigenvalue weighted by Gasteiger charge is 2.14. The van der Waals surface area contributed by atoms with Crippen LogP contribution >= 0.6 is 0 Å². The molecule has 2 N–H and O–H groups in total. The molecule has 0 saturated heterocycles. The first-order valence-corrected chi connectivity index (χ1v) is 7.06. The average molecular weight is 288 g/mol. The minimum atomic E-state index is -3.28. The molecule has 0 amide bonds. The molecule has 0 aliphatic heterocycles. The van der Waals surface area contributed by atoms with E-state index in [1.165, 1.54) is 20.3 Å². The van der Waals surface area contributed by atoms with Gasteiger partial charge in [0.05, 0.1) is 17.0 Å². The predicted molar refractivity (Wildman–Crippen MR) is 69.7 cm³/mol. The van der Waals surface area contributed by atoms with Gasteiger partial charge in [-0.1, -0.05) is 0 Å². The molecule has 0 fully saturated rings. The number of carbonyl (C=O) groups is 1. The number of nitrogens with one attached hydrogen (secondary N) is 1. The van der Waals surface area contributed by atoms with Gasteiger partial charge in [0.25, 0.3) is 0 Å². The van der Waals surface area contributed by atoms with Gasteiger partial charge in [-0.05, 0) is 6.92 Å². The summed E-state index contributed by atoms with van der Waals surface area (Å²) in [6.45, 7) is 1.69. The lowest BCUT2D eigenvalue weighted by molar-refractivity contribution is 0.0695. The number of carboxylic acids is 1. The second-order valence-electron chi connectivity index (χ2n) is 4.02. The van der Waals surface area contributed by atoms with Gasteiger partial charge in [0, 0.05) is 26.8 Å². The van der Waals surface area contributed by atoms with Gasteiger partial charge in [0.15, 0.2) is 0 Å². The lowest BCUT2D eigenvalue weighted by Gasteiger charge is -2.11. The van der Waals surface area contributed by atoms with E-state index in [9.17, 15) is 13.2 Å². The van der Waals surface area contributed by atoms with E-state index in [0.717, 1.165) is 4.31 Å². The second kappa shape index (κ2) is 5.93. The molecule has 0 radical (unpaired) electrons. The van der Waals surface area contributed by atoms with Gasteiger partial charge in [-0.15, -0.1) is 0 Å². The molecule has 0 bridgehead atoms. The molecule has 8 nitrogen and oxygen atoms in total. The fourth-order valence-corrected chi connectivity index (χ4v) is 1.96.